The highest BCUT2D eigenvalue weighted by Gasteiger charge is 2.23. The van der Waals surface area contributed by atoms with Gasteiger partial charge >= 0.3 is 0 Å². The van der Waals surface area contributed by atoms with Gasteiger partial charge in [-0.3, -0.25) is 4.79 Å². The van der Waals surface area contributed by atoms with E-state index in [1.54, 1.807) is 23.9 Å². The number of carbonyl (C=O) groups excluding carboxylic acids is 1. The van der Waals surface area contributed by atoms with Gasteiger partial charge in [0.15, 0.2) is 5.13 Å². The fourth-order valence-corrected chi connectivity index (χ4v) is 3.31. The molecule has 2 aromatic heterocycles. The van der Waals surface area contributed by atoms with Crippen LogP contribution in [0.1, 0.15) is 24.1 Å². The molecular weight excluding hydrogens is 286 g/mol. The third kappa shape index (κ3) is 3.64. The molecule has 0 atom stereocenters. The molecule has 0 saturated carbocycles. The number of nitrogens with one attached hydrogen (secondary N) is 1. The van der Waals surface area contributed by atoms with Gasteiger partial charge in [-0.05, 0) is 31.4 Å². The van der Waals surface area contributed by atoms with Crippen molar-refractivity contribution < 1.29 is 9.21 Å². The first-order valence-corrected chi connectivity index (χ1v) is 8.06. The minimum absolute atomic E-state index is 0.181. The summed E-state index contributed by atoms with van der Waals surface area (Å²) in [5.41, 5.74) is 1.99. The predicted octanol–water partition coefficient (Wildman–Crippen LogP) is 2.69. The molecule has 0 radical (unpaired) electrons. The molecule has 1 aliphatic heterocycles. The van der Waals surface area contributed by atoms with Crippen LogP contribution in [0.3, 0.4) is 0 Å². The van der Waals surface area contributed by atoms with Crippen LogP contribution in [-0.2, 0) is 11.2 Å². The minimum Gasteiger partial charge on any atom is -0.472 e. The van der Waals surface area contributed by atoms with E-state index in [2.05, 4.69) is 10.3 Å². The fourth-order valence-electron chi connectivity index (χ4n) is 2.55. The van der Waals surface area contributed by atoms with Crippen molar-refractivity contribution >= 4 is 22.4 Å². The van der Waals surface area contributed by atoms with E-state index >= 15 is 0 Å². The number of carbonyl (C=O) groups is 1. The number of aromatic nitrogens is 1. The molecule has 3 heterocycles. The van der Waals surface area contributed by atoms with Crippen LogP contribution in [-0.4, -0.2) is 34.9 Å². The Morgan fingerprint density at radius 2 is 2.33 bits per heavy atom. The maximum atomic E-state index is 12.2. The van der Waals surface area contributed by atoms with Crippen molar-refractivity contribution in [1.82, 2.24) is 9.88 Å². The summed E-state index contributed by atoms with van der Waals surface area (Å²) in [6.07, 6.45) is 5.61. The molecule has 1 N–H and O–H groups in total. The number of hydrogen-bond donors (Lipinski definition) is 1. The van der Waals surface area contributed by atoms with Crippen molar-refractivity contribution in [3.05, 3.63) is 35.2 Å². The third-order valence-corrected chi connectivity index (χ3v) is 4.62. The van der Waals surface area contributed by atoms with Crippen LogP contribution >= 0.6 is 11.3 Å². The lowest BCUT2D eigenvalue weighted by Gasteiger charge is -2.32. The van der Waals surface area contributed by atoms with Crippen LogP contribution < -0.4 is 5.32 Å². The Kier molecular flexibility index (Phi) is 4.24. The van der Waals surface area contributed by atoms with Gasteiger partial charge in [-0.1, -0.05) is 0 Å². The number of nitrogens with zero attached hydrogens (tertiary/aromatic N) is 2. The van der Waals surface area contributed by atoms with Crippen LogP contribution in [0.2, 0.25) is 0 Å². The van der Waals surface area contributed by atoms with Gasteiger partial charge in [0.05, 0.1) is 24.6 Å². The number of aryl methyl sites for hydroxylation is 1. The van der Waals surface area contributed by atoms with E-state index in [-0.39, 0.29) is 5.91 Å². The maximum Gasteiger partial charge on any atom is 0.227 e. The summed E-state index contributed by atoms with van der Waals surface area (Å²) < 4.78 is 5.00. The van der Waals surface area contributed by atoms with Crippen LogP contribution in [0.25, 0.3) is 0 Å². The second kappa shape index (κ2) is 6.30. The summed E-state index contributed by atoms with van der Waals surface area (Å²) in [5.74, 6) is 0.181. The monoisotopic (exact) mass is 305 g/mol. The number of furan rings is 1. The molecule has 112 valence electrons. The minimum atomic E-state index is 0.181. The zero-order chi connectivity index (χ0) is 14.7. The van der Waals surface area contributed by atoms with Gasteiger partial charge in [0.25, 0.3) is 0 Å². The Balaban J connectivity index is 1.47. The smallest absolute Gasteiger partial charge is 0.227 e. The topological polar surface area (TPSA) is 58.4 Å². The molecule has 1 saturated heterocycles. The molecule has 0 aromatic carbocycles. The first-order valence-electron chi connectivity index (χ1n) is 7.18. The predicted molar refractivity (Wildman–Crippen MR) is 82.5 cm³/mol. The molecular formula is C15H19N3O2S. The van der Waals surface area contributed by atoms with Crippen molar-refractivity contribution in [1.29, 1.82) is 0 Å². The van der Waals surface area contributed by atoms with Gasteiger partial charge in [0, 0.05) is 24.5 Å². The molecule has 0 aliphatic carbocycles. The van der Waals surface area contributed by atoms with E-state index in [1.165, 1.54) is 0 Å². The standard InChI is InChI=1S/C15H19N3O2S/c1-11-10-21-15(16-11)17-13-2-5-18(6-3-13)14(19)8-12-4-7-20-9-12/h4,7,9-10,13H,2-3,5-6,8H2,1H3,(H,16,17). The number of hydrogen-bond acceptors (Lipinski definition) is 5. The van der Waals surface area contributed by atoms with Crippen molar-refractivity contribution in [3.8, 4) is 0 Å². The summed E-state index contributed by atoms with van der Waals surface area (Å²) in [6.45, 7) is 3.61. The molecule has 5 nitrogen and oxygen atoms in total. The molecule has 3 rings (SSSR count). The molecule has 1 fully saturated rings. The quantitative estimate of drug-likeness (QED) is 0.943. The lowest BCUT2D eigenvalue weighted by molar-refractivity contribution is -0.131. The molecule has 6 heteroatoms. The largest absolute Gasteiger partial charge is 0.472 e. The lowest BCUT2D eigenvalue weighted by Crippen LogP contribution is -2.43. The summed E-state index contributed by atoms with van der Waals surface area (Å²) in [7, 11) is 0. The van der Waals surface area contributed by atoms with E-state index in [0.717, 1.165) is 42.3 Å². The highest BCUT2D eigenvalue weighted by Crippen LogP contribution is 2.20. The van der Waals surface area contributed by atoms with Crippen LogP contribution in [0, 0.1) is 6.92 Å². The second-order valence-electron chi connectivity index (χ2n) is 5.40. The molecule has 2 aromatic rings. The Hall–Kier alpha value is -1.82. The average Bonchev–Trinajstić information content (AvgIpc) is 3.12. The molecule has 1 aliphatic rings. The van der Waals surface area contributed by atoms with Gasteiger partial charge in [-0.25, -0.2) is 4.98 Å². The SMILES string of the molecule is Cc1csc(NC2CCN(C(=O)Cc3ccoc3)CC2)n1. The number of piperidine rings is 1. The fraction of sp³-hybridized carbons (Fsp3) is 0.467. The second-order valence-corrected chi connectivity index (χ2v) is 6.26. The van der Waals surface area contributed by atoms with Gasteiger partial charge in [0.2, 0.25) is 5.91 Å². The summed E-state index contributed by atoms with van der Waals surface area (Å²) in [6, 6.07) is 2.25. The first-order chi connectivity index (χ1) is 10.2. The van der Waals surface area contributed by atoms with Crippen molar-refractivity contribution in [3.63, 3.8) is 0 Å². The number of amides is 1. The molecule has 0 spiro atoms. The van der Waals surface area contributed by atoms with Crippen LogP contribution in [0.15, 0.2) is 28.4 Å². The Bertz CT molecular complexity index is 586. The van der Waals surface area contributed by atoms with Crippen LogP contribution in [0.5, 0.6) is 0 Å². The Morgan fingerprint density at radius 1 is 1.52 bits per heavy atom. The van der Waals surface area contributed by atoms with Crippen molar-refractivity contribution in [2.45, 2.75) is 32.2 Å². The molecule has 1 amide bonds. The third-order valence-electron chi connectivity index (χ3n) is 3.73. The Morgan fingerprint density at radius 3 is 2.95 bits per heavy atom. The zero-order valence-corrected chi connectivity index (χ0v) is 12.9. The zero-order valence-electron chi connectivity index (χ0n) is 12.0. The van der Waals surface area contributed by atoms with Gasteiger partial charge in [-0.2, -0.15) is 0 Å². The van der Waals surface area contributed by atoms with Gasteiger partial charge in [-0.15, -0.1) is 11.3 Å². The number of likely N-dealkylation sites (tertiary alicyclic amines) is 1. The molecule has 21 heavy (non-hydrogen) atoms. The van der Waals surface area contributed by atoms with E-state index < -0.39 is 0 Å². The number of rotatable bonds is 4. The summed E-state index contributed by atoms with van der Waals surface area (Å²) >= 11 is 1.64. The average molecular weight is 305 g/mol. The van der Waals surface area contributed by atoms with E-state index in [0.29, 0.717) is 12.5 Å². The summed E-state index contributed by atoms with van der Waals surface area (Å²) in [5, 5.41) is 6.49. The molecule has 0 bridgehead atoms. The first kappa shape index (κ1) is 14.1. The lowest BCUT2D eigenvalue weighted by atomic mass is 10.0. The van der Waals surface area contributed by atoms with E-state index in [4.69, 9.17) is 4.42 Å². The number of thiazole rings is 1. The van der Waals surface area contributed by atoms with E-state index in [9.17, 15) is 4.79 Å². The van der Waals surface area contributed by atoms with E-state index in [1.807, 2.05) is 23.3 Å². The van der Waals surface area contributed by atoms with Crippen LogP contribution in [0.4, 0.5) is 5.13 Å². The van der Waals surface area contributed by atoms with Crippen molar-refractivity contribution in [2.75, 3.05) is 18.4 Å². The van der Waals surface area contributed by atoms with Gasteiger partial charge in [0.1, 0.15) is 0 Å². The molecule has 0 unspecified atom stereocenters. The highest BCUT2D eigenvalue weighted by molar-refractivity contribution is 7.13. The van der Waals surface area contributed by atoms with Crippen molar-refractivity contribution in [2.24, 2.45) is 0 Å². The number of anilines is 1. The summed E-state index contributed by atoms with van der Waals surface area (Å²) in [4.78, 5) is 18.6. The Labute approximate surface area is 128 Å². The normalized spacial score (nSPS) is 16.1. The highest BCUT2D eigenvalue weighted by atomic mass is 32.1. The van der Waals surface area contributed by atoms with Gasteiger partial charge < -0.3 is 14.6 Å². The maximum absolute atomic E-state index is 12.2.